The van der Waals surface area contributed by atoms with Crippen molar-refractivity contribution < 1.29 is 48.9 Å². The highest BCUT2D eigenvalue weighted by atomic mass is 16.9. The summed E-state index contributed by atoms with van der Waals surface area (Å²) >= 11 is 0. The van der Waals surface area contributed by atoms with Gasteiger partial charge in [-0.25, -0.2) is 4.79 Å². The molecule has 2 aromatic carbocycles. The van der Waals surface area contributed by atoms with Crippen LogP contribution in [0.15, 0.2) is 84.5 Å². The first-order valence-electron chi connectivity index (χ1n) is 15.0. The molecule has 0 aromatic heterocycles. The van der Waals surface area contributed by atoms with Gasteiger partial charge in [0.25, 0.3) is 0 Å². The van der Waals surface area contributed by atoms with Gasteiger partial charge in [0.05, 0.1) is 17.8 Å². The SMILES string of the molecule is C=C(C)[C@]12O[C@]3(c4ccccc4)O[C@H]1[C@@H]1[C@H]4O[C@@]4(CO)[C@H](O)[C@]4(O)[C@H](O)C(C)=C[C@H]4[C@]1(O3)[C@@H](C)[C@H]2OC(=O)c1ccccc1. The lowest BCUT2D eigenvalue weighted by Crippen LogP contribution is -2.76. The van der Waals surface area contributed by atoms with Crippen molar-refractivity contribution in [2.75, 3.05) is 6.61 Å². The Labute approximate surface area is 254 Å². The van der Waals surface area contributed by atoms with Crippen LogP contribution >= 0.6 is 0 Å². The second-order valence-electron chi connectivity index (χ2n) is 13.3. The summed E-state index contributed by atoms with van der Waals surface area (Å²) in [5.41, 5.74) is -4.97. The summed E-state index contributed by atoms with van der Waals surface area (Å²) in [5.74, 6) is -4.95. The fraction of sp³-hybridized carbons (Fsp3) is 0.500. The van der Waals surface area contributed by atoms with Crippen molar-refractivity contribution in [1.29, 1.82) is 0 Å². The molecule has 4 N–H and O–H groups in total. The standard InChI is InChI=1S/C34H36O10/c1-17(2)32-25(40-28(37)20-11-7-5-8-12-20)19(4)33-22-15-18(3)24(36)31(22,39)29(38)30(16-35)26(41-30)23(33)27(32)42-34(43-32,44-33)21-13-9-6-10-14-21/h5-15,19,22-27,29,35-36,38-39H,1,16H2,2-4H3/t19-,22+,23-,24+,25+,26+,27-,29-,30+,31+,32+,33+,34-/m0/s1. The van der Waals surface area contributed by atoms with Crippen LogP contribution in [0, 0.1) is 17.8 Å². The number of carbonyl (C=O) groups excluding carboxylic acids is 1. The summed E-state index contributed by atoms with van der Waals surface area (Å²) in [6.45, 7) is 9.00. The smallest absolute Gasteiger partial charge is 0.338 e. The predicted octanol–water partition coefficient (Wildman–Crippen LogP) is 1.96. The van der Waals surface area contributed by atoms with Crippen molar-refractivity contribution in [3.05, 3.63) is 95.6 Å². The van der Waals surface area contributed by atoms with Crippen LogP contribution in [0.5, 0.6) is 0 Å². The molecule has 6 aliphatic rings. The van der Waals surface area contributed by atoms with E-state index in [4.69, 9.17) is 23.7 Å². The fourth-order valence-corrected chi connectivity index (χ4v) is 9.24. The molecule has 3 aliphatic carbocycles. The van der Waals surface area contributed by atoms with Crippen LogP contribution in [0.4, 0.5) is 0 Å². The van der Waals surface area contributed by atoms with Gasteiger partial charge in [0.15, 0.2) is 5.60 Å². The van der Waals surface area contributed by atoms with Crippen LogP contribution in [-0.2, 0) is 29.7 Å². The Morgan fingerprint density at radius 3 is 2.30 bits per heavy atom. The van der Waals surface area contributed by atoms with Crippen molar-refractivity contribution in [3.8, 4) is 0 Å². The molecule has 3 bridgehead atoms. The van der Waals surface area contributed by atoms with Gasteiger partial charge in [0, 0.05) is 23.3 Å². The Hall–Kier alpha value is -2.93. The molecule has 0 unspecified atom stereocenters. The zero-order valence-corrected chi connectivity index (χ0v) is 24.6. The highest BCUT2D eigenvalue weighted by Gasteiger charge is 2.90. The summed E-state index contributed by atoms with van der Waals surface area (Å²) in [6, 6.07) is 17.7. The number of carbonyl (C=O) groups is 1. The quantitative estimate of drug-likeness (QED) is 0.227. The molecule has 10 nitrogen and oxygen atoms in total. The number of rotatable bonds is 5. The molecule has 44 heavy (non-hydrogen) atoms. The molecule has 2 aromatic rings. The number of aliphatic hydroxyl groups is 4. The van der Waals surface area contributed by atoms with Crippen LogP contribution in [0.2, 0.25) is 0 Å². The number of ether oxygens (including phenoxy) is 5. The number of esters is 1. The second kappa shape index (κ2) is 8.86. The topological polar surface area (TPSA) is 147 Å². The Morgan fingerprint density at radius 2 is 1.66 bits per heavy atom. The zero-order valence-electron chi connectivity index (χ0n) is 24.6. The lowest BCUT2D eigenvalue weighted by atomic mass is 9.53. The number of hydrogen-bond acceptors (Lipinski definition) is 10. The molecule has 3 aliphatic heterocycles. The van der Waals surface area contributed by atoms with Gasteiger partial charge >= 0.3 is 11.9 Å². The third-order valence-corrected chi connectivity index (χ3v) is 11.3. The Balaban J connectivity index is 1.40. The number of epoxide rings is 1. The highest BCUT2D eigenvalue weighted by Crippen LogP contribution is 2.74. The van der Waals surface area contributed by atoms with Gasteiger partial charge in [-0.2, -0.15) is 0 Å². The average Bonchev–Trinajstić information content (AvgIpc) is 3.65. The third kappa shape index (κ3) is 3.06. The normalized spacial score (nSPS) is 49.3. The number of benzene rings is 2. The summed E-state index contributed by atoms with van der Waals surface area (Å²) in [5, 5.41) is 46.5. The minimum absolute atomic E-state index is 0.335. The van der Waals surface area contributed by atoms with Gasteiger partial charge in [-0.05, 0) is 37.1 Å². The van der Waals surface area contributed by atoms with E-state index in [9.17, 15) is 25.2 Å². The van der Waals surface area contributed by atoms with Crippen molar-refractivity contribution in [2.24, 2.45) is 17.8 Å². The molecule has 13 atom stereocenters. The van der Waals surface area contributed by atoms with E-state index in [1.54, 1.807) is 62.4 Å². The molecule has 0 amide bonds. The summed E-state index contributed by atoms with van der Waals surface area (Å²) in [7, 11) is 0. The molecular formula is C34H36O10. The van der Waals surface area contributed by atoms with E-state index in [0.29, 0.717) is 22.3 Å². The first-order valence-corrected chi connectivity index (χ1v) is 15.0. The zero-order chi connectivity index (χ0) is 31.0. The van der Waals surface area contributed by atoms with Crippen LogP contribution in [0.1, 0.15) is 36.7 Å². The van der Waals surface area contributed by atoms with E-state index < -0.39 is 89.2 Å². The summed E-state index contributed by atoms with van der Waals surface area (Å²) in [6.07, 6.45) is -4.28. The monoisotopic (exact) mass is 604 g/mol. The van der Waals surface area contributed by atoms with E-state index in [2.05, 4.69) is 6.58 Å². The van der Waals surface area contributed by atoms with E-state index >= 15 is 0 Å². The van der Waals surface area contributed by atoms with Crippen molar-refractivity contribution in [3.63, 3.8) is 0 Å². The lowest BCUT2D eigenvalue weighted by Gasteiger charge is -2.61. The molecule has 5 fully saturated rings. The van der Waals surface area contributed by atoms with Gasteiger partial charge in [-0.3, -0.25) is 0 Å². The third-order valence-electron chi connectivity index (χ3n) is 11.3. The largest absolute Gasteiger partial charge is 0.455 e. The molecule has 3 heterocycles. The molecule has 8 rings (SSSR count). The Bertz CT molecular complexity index is 1580. The van der Waals surface area contributed by atoms with E-state index in [1.807, 2.05) is 25.1 Å². The summed E-state index contributed by atoms with van der Waals surface area (Å²) in [4.78, 5) is 13.7. The highest BCUT2D eigenvalue weighted by molar-refractivity contribution is 5.89. The van der Waals surface area contributed by atoms with Crippen molar-refractivity contribution in [1.82, 2.24) is 0 Å². The van der Waals surface area contributed by atoms with Gasteiger partial charge in [-0.1, -0.05) is 68.1 Å². The van der Waals surface area contributed by atoms with Crippen LogP contribution in [0.25, 0.3) is 0 Å². The maximum absolute atomic E-state index is 13.7. The maximum Gasteiger partial charge on any atom is 0.338 e. The maximum atomic E-state index is 13.7. The van der Waals surface area contributed by atoms with Crippen LogP contribution in [-0.4, -0.2) is 85.9 Å². The minimum Gasteiger partial charge on any atom is -0.455 e. The van der Waals surface area contributed by atoms with Gasteiger partial charge in [0.2, 0.25) is 0 Å². The van der Waals surface area contributed by atoms with Crippen molar-refractivity contribution >= 4 is 5.97 Å². The van der Waals surface area contributed by atoms with Crippen molar-refractivity contribution in [2.45, 2.75) is 79.7 Å². The first kappa shape index (κ1) is 28.5. The van der Waals surface area contributed by atoms with Gasteiger partial charge in [0.1, 0.15) is 41.7 Å². The van der Waals surface area contributed by atoms with E-state index in [-0.39, 0.29) is 0 Å². The van der Waals surface area contributed by atoms with Gasteiger partial charge in [-0.15, -0.1) is 0 Å². The Kier molecular flexibility index (Phi) is 5.75. The predicted molar refractivity (Wildman–Crippen MR) is 153 cm³/mol. The number of aliphatic hydroxyl groups excluding tert-OH is 3. The van der Waals surface area contributed by atoms with Crippen LogP contribution < -0.4 is 0 Å². The molecule has 232 valence electrons. The summed E-state index contributed by atoms with van der Waals surface area (Å²) < 4.78 is 33.5. The number of fused-ring (bicyclic) bond motifs is 3. The molecular weight excluding hydrogens is 568 g/mol. The van der Waals surface area contributed by atoms with E-state index in [0.717, 1.165) is 0 Å². The second-order valence-corrected chi connectivity index (χ2v) is 13.3. The molecule has 2 saturated carbocycles. The lowest BCUT2D eigenvalue weighted by molar-refractivity contribution is -0.442. The molecule has 3 saturated heterocycles. The number of hydrogen-bond donors (Lipinski definition) is 4. The first-order chi connectivity index (χ1) is 20.9. The van der Waals surface area contributed by atoms with Gasteiger partial charge < -0.3 is 44.1 Å². The molecule has 0 spiro atoms. The fourth-order valence-electron chi connectivity index (χ4n) is 9.24. The van der Waals surface area contributed by atoms with E-state index in [1.165, 1.54) is 0 Å². The minimum atomic E-state index is -2.23. The molecule has 10 heteroatoms. The van der Waals surface area contributed by atoms with Crippen LogP contribution in [0.3, 0.4) is 0 Å². The molecule has 0 radical (unpaired) electrons. The Morgan fingerprint density at radius 1 is 1.00 bits per heavy atom. The average molecular weight is 605 g/mol.